The normalized spacial score (nSPS) is 15.7. The minimum Gasteiger partial charge on any atom is -0.454 e. The van der Waals surface area contributed by atoms with E-state index < -0.39 is 6.36 Å². The largest absolute Gasteiger partial charge is 0.573 e. The summed E-state index contributed by atoms with van der Waals surface area (Å²) >= 11 is 1.33. The zero-order valence-corrected chi connectivity index (χ0v) is 19.9. The van der Waals surface area contributed by atoms with Gasteiger partial charge in [-0.1, -0.05) is 6.07 Å². The molecule has 0 saturated carbocycles. The van der Waals surface area contributed by atoms with Gasteiger partial charge in [-0.15, -0.1) is 24.5 Å². The van der Waals surface area contributed by atoms with Gasteiger partial charge in [0.15, 0.2) is 16.6 Å². The first kappa shape index (κ1) is 24.2. The van der Waals surface area contributed by atoms with Crippen molar-refractivity contribution in [3.8, 4) is 17.2 Å². The van der Waals surface area contributed by atoms with Crippen molar-refractivity contribution in [1.82, 2.24) is 14.8 Å². The van der Waals surface area contributed by atoms with Gasteiger partial charge in [0.2, 0.25) is 12.7 Å². The molecule has 2 aliphatic rings. The van der Waals surface area contributed by atoms with E-state index in [-0.39, 0.29) is 24.9 Å². The van der Waals surface area contributed by atoms with E-state index in [9.17, 15) is 18.0 Å². The Balaban J connectivity index is 1.08. The van der Waals surface area contributed by atoms with Crippen molar-refractivity contribution in [3.05, 3.63) is 59.1 Å². The van der Waals surface area contributed by atoms with Crippen LogP contribution in [0.2, 0.25) is 0 Å². The summed E-state index contributed by atoms with van der Waals surface area (Å²) in [6.45, 7) is 3.87. The third-order valence-electron chi connectivity index (χ3n) is 5.79. The molecule has 0 atom stereocenters. The van der Waals surface area contributed by atoms with E-state index in [1.807, 2.05) is 23.1 Å². The molecule has 5 rings (SSSR count). The summed E-state index contributed by atoms with van der Waals surface area (Å²) in [5.41, 5.74) is 2.35. The standard InChI is InChI=1S/C24H23F3N4O4S/c25-24(26,27)35-19-4-2-17(3-5-19)28-23-29-18(14-36-23)12-22(32)31-9-7-30(8-10-31)13-16-1-6-20-21(11-16)34-15-33-20/h1-6,11,14H,7-10,12-13,15H2,(H,28,29). The van der Waals surface area contributed by atoms with Crippen LogP contribution in [0, 0.1) is 0 Å². The molecule has 0 spiro atoms. The Bertz CT molecular complexity index is 1210. The number of nitrogens with zero attached hydrogens (tertiary/aromatic N) is 3. The van der Waals surface area contributed by atoms with Crippen molar-refractivity contribution in [3.63, 3.8) is 0 Å². The highest BCUT2D eigenvalue weighted by atomic mass is 32.1. The van der Waals surface area contributed by atoms with Gasteiger partial charge in [0.05, 0.1) is 12.1 Å². The summed E-state index contributed by atoms with van der Waals surface area (Å²) in [6.07, 6.45) is -4.54. The number of fused-ring (bicyclic) bond motifs is 1. The van der Waals surface area contributed by atoms with E-state index >= 15 is 0 Å². The second kappa shape index (κ2) is 10.2. The molecule has 12 heteroatoms. The van der Waals surface area contributed by atoms with Crippen LogP contribution in [0.15, 0.2) is 47.8 Å². The topological polar surface area (TPSA) is 76.2 Å². The van der Waals surface area contributed by atoms with E-state index in [0.29, 0.717) is 29.6 Å². The molecule has 2 aliphatic heterocycles. The Hall–Kier alpha value is -3.51. The SMILES string of the molecule is O=C(Cc1csc(Nc2ccc(OC(F)(F)F)cc2)n1)N1CCN(Cc2ccc3c(c2)OCO3)CC1. The lowest BCUT2D eigenvalue weighted by molar-refractivity contribution is -0.274. The minimum atomic E-state index is -4.73. The van der Waals surface area contributed by atoms with Crippen LogP contribution in [0.1, 0.15) is 11.3 Å². The number of piperazine rings is 1. The Labute approximate surface area is 209 Å². The van der Waals surface area contributed by atoms with E-state index in [1.165, 1.54) is 35.6 Å². The molecular formula is C24H23F3N4O4S. The van der Waals surface area contributed by atoms with Crippen LogP contribution in [-0.4, -0.2) is 60.0 Å². The molecule has 2 aromatic carbocycles. The fraction of sp³-hybridized carbons (Fsp3) is 0.333. The van der Waals surface area contributed by atoms with Crippen molar-refractivity contribution in [2.24, 2.45) is 0 Å². The van der Waals surface area contributed by atoms with Gasteiger partial charge < -0.3 is 24.4 Å². The van der Waals surface area contributed by atoms with Crippen molar-refractivity contribution < 1.29 is 32.2 Å². The van der Waals surface area contributed by atoms with Gasteiger partial charge in [0, 0.05) is 43.8 Å². The molecule has 1 fully saturated rings. The first-order valence-corrected chi connectivity index (χ1v) is 12.1. The summed E-state index contributed by atoms with van der Waals surface area (Å²) in [6, 6.07) is 11.3. The maximum Gasteiger partial charge on any atom is 0.573 e. The first-order chi connectivity index (χ1) is 17.3. The summed E-state index contributed by atoms with van der Waals surface area (Å²) in [5.74, 6) is 1.26. The number of ether oxygens (including phenoxy) is 3. The van der Waals surface area contributed by atoms with E-state index in [4.69, 9.17) is 9.47 Å². The maximum atomic E-state index is 12.8. The molecule has 1 saturated heterocycles. The lowest BCUT2D eigenvalue weighted by Gasteiger charge is -2.34. The number of aromatic nitrogens is 1. The monoisotopic (exact) mass is 520 g/mol. The zero-order valence-electron chi connectivity index (χ0n) is 19.1. The molecule has 36 heavy (non-hydrogen) atoms. The average Bonchev–Trinajstić information content (AvgIpc) is 3.49. The number of amides is 1. The molecule has 1 amide bonds. The highest BCUT2D eigenvalue weighted by molar-refractivity contribution is 7.13. The molecule has 0 radical (unpaired) electrons. The number of carbonyl (C=O) groups is 1. The number of nitrogens with one attached hydrogen (secondary N) is 1. The van der Waals surface area contributed by atoms with E-state index in [1.54, 1.807) is 5.38 Å². The maximum absolute atomic E-state index is 12.8. The molecule has 190 valence electrons. The van der Waals surface area contributed by atoms with Gasteiger partial charge in [-0.3, -0.25) is 9.69 Å². The smallest absolute Gasteiger partial charge is 0.454 e. The molecule has 3 aromatic rings. The van der Waals surface area contributed by atoms with Gasteiger partial charge >= 0.3 is 6.36 Å². The molecular weight excluding hydrogens is 497 g/mol. The van der Waals surface area contributed by atoms with Crippen LogP contribution in [0.4, 0.5) is 24.0 Å². The van der Waals surface area contributed by atoms with Crippen LogP contribution < -0.4 is 19.5 Å². The number of thiazole rings is 1. The van der Waals surface area contributed by atoms with Crippen LogP contribution in [-0.2, 0) is 17.8 Å². The fourth-order valence-electron chi connectivity index (χ4n) is 4.03. The van der Waals surface area contributed by atoms with Gasteiger partial charge in [0.1, 0.15) is 5.75 Å². The van der Waals surface area contributed by atoms with Crippen molar-refractivity contribution in [2.45, 2.75) is 19.3 Å². The van der Waals surface area contributed by atoms with Crippen LogP contribution >= 0.6 is 11.3 Å². The Morgan fingerprint density at radius 2 is 1.81 bits per heavy atom. The summed E-state index contributed by atoms with van der Waals surface area (Å²) in [7, 11) is 0. The Morgan fingerprint density at radius 1 is 1.06 bits per heavy atom. The van der Waals surface area contributed by atoms with Gasteiger partial charge in [-0.05, 0) is 42.0 Å². The number of hydrogen-bond acceptors (Lipinski definition) is 8. The molecule has 3 heterocycles. The molecule has 1 aromatic heterocycles. The number of anilines is 2. The van der Waals surface area contributed by atoms with Crippen LogP contribution in [0.3, 0.4) is 0 Å². The predicted octanol–water partition coefficient (Wildman–Crippen LogP) is 4.40. The van der Waals surface area contributed by atoms with Gasteiger partial charge in [-0.25, -0.2) is 4.98 Å². The van der Waals surface area contributed by atoms with Crippen molar-refractivity contribution in [1.29, 1.82) is 0 Å². The number of hydrogen-bond donors (Lipinski definition) is 1. The number of carbonyl (C=O) groups excluding carboxylic acids is 1. The number of benzene rings is 2. The molecule has 8 nitrogen and oxygen atoms in total. The fourth-order valence-corrected chi connectivity index (χ4v) is 4.76. The van der Waals surface area contributed by atoms with Crippen molar-refractivity contribution in [2.75, 3.05) is 38.3 Å². The molecule has 0 aliphatic carbocycles. The van der Waals surface area contributed by atoms with Crippen LogP contribution in [0.5, 0.6) is 17.2 Å². The first-order valence-electron chi connectivity index (χ1n) is 11.3. The second-order valence-corrected chi connectivity index (χ2v) is 9.22. The summed E-state index contributed by atoms with van der Waals surface area (Å²) < 4.78 is 51.5. The number of rotatable bonds is 7. The lowest BCUT2D eigenvalue weighted by Crippen LogP contribution is -2.48. The average molecular weight is 521 g/mol. The Kier molecular flexibility index (Phi) is 6.88. The Morgan fingerprint density at radius 3 is 2.56 bits per heavy atom. The quantitative estimate of drug-likeness (QED) is 0.495. The minimum absolute atomic E-state index is 0.0169. The number of alkyl halides is 3. The molecule has 0 bridgehead atoms. The summed E-state index contributed by atoms with van der Waals surface area (Å²) in [5, 5.41) is 5.39. The highest BCUT2D eigenvalue weighted by Crippen LogP contribution is 2.33. The van der Waals surface area contributed by atoms with E-state index in [2.05, 4.69) is 19.9 Å². The zero-order chi connectivity index (χ0) is 25.1. The lowest BCUT2D eigenvalue weighted by atomic mass is 10.1. The number of halogens is 3. The second-order valence-electron chi connectivity index (χ2n) is 8.36. The van der Waals surface area contributed by atoms with Gasteiger partial charge in [0.25, 0.3) is 0 Å². The summed E-state index contributed by atoms with van der Waals surface area (Å²) in [4.78, 5) is 21.4. The molecule has 1 N–H and O–H groups in total. The van der Waals surface area contributed by atoms with Crippen molar-refractivity contribution >= 4 is 28.1 Å². The van der Waals surface area contributed by atoms with E-state index in [0.717, 1.165) is 36.7 Å². The predicted molar refractivity (Wildman–Crippen MR) is 127 cm³/mol. The third kappa shape index (κ3) is 6.18. The highest BCUT2D eigenvalue weighted by Gasteiger charge is 2.31. The van der Waals surface area contributed by atoms with Gasteiger partial charge in [-0.2, -0.15) is 0 Å². The van der Waals surface area contributed by atoms with Crippen LogP contribution in [0.25, 0.3) is 0 Å². The molecule has 0 unspecified atom stereocenters. The third-order valence-corrected chi connectivity index (χ3v) is 6.60.